The zero-order valence-electron chi connectivity index (χ0n) is 16.3. The number of carbonyl (C=O) groups excluding carboxylic acids is 2. The highest BCUT2D eigenvalue weighted by molar-refractivity contribution is 5.96. The van der Waals surface area contributed by atoms with Gasteiger partial charge in [0.2, 0.25) is 5.91 Å². The van der Waals surface area contributed by atoms with Gasteiger partial charge in [-0.2, -0.15) is 0 Å². The van der Waals surface area contributed by atoms with Crippen molar-refractivity contribution in [3.8, 4) is 0 Å². The fourth-order valence-electron chi connectivity index (χ4n) is 4.51. The zero-order valence-corrected chi connectivity index (χ0v) is 16.3. The van der Waals surface area contributed by atoms with Crippen LogP contribution in [0.15, 0.2) is 24.3 Å². The van der Waals surface area contributed by atoms with Crippen molar-refractivity contribution in [2.45, 2.75) is 76.3 Å². The lowest BCUT2D eigenvalue weighted by Crippen LogP contribution is -2.52. The van der Waals surface area contributed by atoms with E-state index in [0.29, 0.717) is 17.6 Å². The molecule has 0 radical (unpaired) electrons. The van der Waals surface area contributed by atoms with E-state index in [2.05, 4.69) is 10.2 Å². The summed E-state index contributed by atoms with van der Waals surface area (Å²) in [5, 5.41) is 13.4. The maximum atomic E-state index is 13.0. The van der Waals surface area contributed by atoms with Gasteiger partial charge in [-0.1, -0.05) is 38.5 Å². The minimum absolute atomic E-state index is 0.00550. The number of benzene rings is 1. The largest absolute Gasteiger partial charge is 0.343 e. The Morgan fingerprint density at radius 1 is 0.929 bits per heavy atom. The first-order valence-electron chi connectivity index (χ1n) is 10.4. The number of nitrogens with one attached hydrogen (secondary N) is 1. The van der Waals surface area contributed by atoms with Crippen molar-refractivity contribution < 1.29 is 14.5 Å². The first kappa shape index (κ1) is 20.3. The average molecular weight is 387 g/mol. The van der Waals surface area contributed by atoms with Gasteiger partial charge in [-0.3, -0.25) is 19.7 Å². The highest BCUT2D eigenvalue weighted by Crippen LogP contribution is 2.30. The van der Waals surface area contributed by atoms with Crippen LogP contribution < -0.4 is 5.32 Å². The molecule has 0 spiro atoms. The predicted octanol–water partition coefficient (Wildman–Crippen LogP) is 3.82. The van der Waals surface area contributed by atoms with E-state index in [0.717, 1.165) is 51.4 Å². The fourth-order valence-corrected chi connectivity index (χ4v) is 4.51. The number of nitrogens with zero attached hydrogens (tertiary/aromatic N) is 2. The second-order valence-corrected chi connectivity index (χ2v) is 7.87. The van der Waals surface area contributed by atoms with Crippen molar-refractivity contribution in [2.24, 2.45) is 0 Å². The van der Waals surface area contributed by atoms with Crippen molar-refractivity contribution in [1.29, 1.82) is 0 Å². The lowest BCUT2D eigenvalue weighted by atomic mass is 9.88. The molecule has 2 fully saturated rings. The van der Waals surface area contributed by atoms with Crippen LogP contribution in [0.2, 0.25) is 0 Å². The Bertz CT molecular complexity index is 674. The van der Waals surface area contributed by atoms with E-state index in [9.17, 15) is 19.7 Å². The standard InChI is InChI=1S/C21H29N3O4/c25-20(15-22-21(26)16-11-13-19(14-12-16)24(27)28)23(17-7-3-1-4-8-17)18-9-5-2-6-10-18/h11-14,17-18H,1-10,15H2,(H,22,26). The minimum atomic E-state index is -0.503. The second kappa shape index (κ2) is 9.66. The van der Waals surface area contributed by atoms with Gasteiger partial charge in [0.25, 0.3) is 11.6 Å². The maximum absolute atomic E-state index is 13.0. The number of nitro benzene ring substituents is 1. The molecule has 7 heteroatoms. The summed E-state index contributed by atoms with van der Waals surface area (Å²) < 4.78 is 0. The molecular formula is C21H29N3O4. The first-order valence-corrected chi connectivity index (χ1v) is 10.4. The molecular weight excluding hydrogens is 358 g/mol. The summed E-state index contributed by atoms with van der Waals surface area (Å²) in [6.07, 6.45) is 11.3. The molecule has 3 rings (SSSR count). The fraction of sp³-hybridized carbons (Fsp3) is 0.619. The SMILES string of the molecule is O=C(NCC(=O)N(C1CCCCC1)C1CCCCC1)c1ccc([N+](=O)[O-])cc1. The Hall–Kier alpha value is -2.44. The van der Waals surface area contributed by atoms with Crippen molar-refractivity contribution in [3.05, 3.63) is 39.9 Å². The molecule has 2 saturated carbocycles. The van der Waals surface area contributed by atoms with Gasteiger partial charge >= 0.3 is 0 Å². The van der Waals surface area contributed by atoms with E-state index < -0.39 is 4.92 Å². The topological polar surface area (TPSA) is 92.6 Å². The smallest absolute Gasteiger partial charge is 0.269 e. The Balaban J connectivity index is 1.62. The Labute approximate surface area is 165 Å². The second-order valence-electron chi connectivity index (χ2n) is 7.87. The molecule has 2 aliphatic rings. The highest BCUT2D eigenvalue weighted by atomic mass is 16.6. The van der Waals surface area contributed by atoms with Crippen molar-refractivity contribution >= 4 is 17.5 Å². The van der Waals surface area contributed by atoms with E-state index in [1.807, 2.05) is 0 Å². The predicted molar refractivity (Wildman–Crippen MR) is 106 cm³/mol. The van der Waals surface area contributed by atoms with Crippen LogP contribution >= 0.6 is 0 Å². The molecule has 152 valence electrons. The molecule has 2 aliphatic carbocycles. The molecule has 0 bridgehead atoms. The van der Waals surface area contributed by atoms with Crippen molar-refractivity contribution in [1.82, 2.24) is 10.2 Å². The molecule has 0 saturated heterocycles. The van der Waals surface area contributed by atoms with Crippen molar-refractivity contribution in [2.75, 3.05) is 6.54 Å². The van der Waals surface area contributed by atoms with Crippen LogP contribution in [0, 0.1) is 10.1 Å². The summed E-state index contributed by atoms with van der Waals surface area (Å²) in [6, 6.07) is 6.01. The number of hydrogen-bond donors (Lipinski definition) is 1. The van der Waals surface area contributed by atoms with Crippen LogP contribution in [0.3, 0.4) is 0 Å². The van der Waals surface area contributed by atoms with Gasteiger partial charge < -0.3 is 10.2 Å². The van der Waals surface area contributed by atoms with Gasteiger partial charge in [0.15, 0.2) is 0 Å². The lowest BCUT2D eigenvalue weighted by Gasteiger charge is -2.41. The minimum Gasteiger partial charge on any atom is -0.343 e. The van der Waals surface area contributed by atoms with Gasteiger partial charge in [-0.15, -0.1) is 0 Å². The Kier molecular flexibility index (Phi) is 7.01. The molecule has 0 aliphatic heterocycles. The van der Waals surface area contributed by atoms with Gasteiger partial charge in [-0.05, 0) is 37.8 Å². The number of amides is 2. The summed E-state index contributed by atoms with van der Waals surface area (Å²) in [4.78, 5) is 37.7. The van der Waals surface area contributed by atoms with E-state index in [-0.39, 0.29) is 24.0 Å². The molecule has 0 atom stereocenters. The van der Waals surface area contributed by atoms with Crippen LogP contribution in [0.5, 0.6) is 0 Å². The molecule has 1 N–H and O–H groups in total. The van der Waals surface area contributed by atoms with Crippen LogP contribution in [0.25, 0.3) is 0 Å². The molecule has 0 unspecified atom stereocenters. The molecule has 2 amide bonds. The van der Waals surface area contributed by atoms with Gasteiger partial charge in [0, 0.05) is 29.8 Å². The van der Waals surface area contributed by atoms with E-state index in [1.165, 1.54) is 37.1 Å². The summed E-state index contributed by atoms with van der Waals surface area (Å²) in [6.45, 7) is -0.0250. The molecule has 0 aromatic heterocycles. The van der Waals surface area contributed by atoms with Gasteiger partial charge in [-0.25, -0.2) is 0 Å². The lowest BCUT2D eigenvalue weighted by molar-refractivity contribution is -0.384. The third kappa shape index (κ3) is 5.09. The number of non-ortho nitro benzene ring substituents is 1. The van der Waals surface area contributed by atoms with E-state index in [4.69, 9.17) is 0 Å². The number of hydrogen-bond acceptors (Lipinski definition) is 4. The quantitative estimate of drug-likeness (QED) is 0.593. The normalized spacial score (nSPS) is 18.4. The summed E-state index contributed by atoms with van der Waals surface area (Å²) in [5.41, 5.74) is 0.258. The first-order chi connectivity index (χ1) is 13.6. The van der Waals surface area contributed by atoms with E-state index in [1.54, 1.807) is 0 Å². The van der Waals surface area contributed by atoms with Gasteiger partial charge in [0.05, 0.1) is 11.5 Å². The molecule has 1 aromatic rings. The zero-order chi connectivity index (χ0) is 19.9. The van der Waals surface area contributed by atoms with Crippen LogP contribution in [0.1, 0.15) is 74.6 Å². The Morgan fingerprint density at radius 2 is 1.43 bits per heavy atom. The third-order valence-corrected chi connectivity index (χ3v) is 5.96. The molecule has 1 aromatic carbocycles. The summed E-state index contributed by atoms with van der Waals surface area (Å²) >= 11 is 0. The maximum Gasteiger partial charge on any atom is 0.269 e. The number of rotatable bonds is 6. The monoisotopic (exact) mass is 387 g/mol. The summed E-state index contributed by atoms with van der Waals surface area (Å²) in [7, 11) is 0. The molecule has 28 heavy (non-hydrogen) atoms. The molecule has 7 nitrogen and oxygen atoms in total. The highest BCUT2D eigenvalue weighted by Gasteiger charge is 2.32. The van der Waals surface area contributed by atoms with Crippen LogP contribution in [0.4, 0.5) is 5.69 Å². The average Bonchev–Trinajstić information content (AvgIpc) is 2.74. The number of carbonyl (C=O) groups is 2. The van der Waals surface area contributed by atoms with Crippen LogP contribution in [-0.2, 0) is 4.79 Å². The van der Waals surface area contributed by atoms with Crippen molar-refractivity contribution in [3.63, 3.8) is 0 Å². The molecule has 0 heterocycles. The number of nitro groups is 1. The Morgan fingerprint density at radius 3 is 1.89 bits per heavy atom. The van der Waals surface area contributed by atoms with Crippen LogP contribution in [-0.4, -0.2) is 40.3 Å². The third-order valence-electron chi connectivity index (χ3n) is 5.96. The van der Waals surface area contributed by atoms with Gasteiger partial charge in [0.1, 0.15) is 0 Å². The summed E-state index contributed by atoms with van der Waals surface area (Å²) in [5.74, 6) is -0.385. The van der Waals surface area contributed by atoms with E-state index >= 15 is 0 Å².